The number of aryl methyl sites for hydroxylation is 1. The zero-order chi connectivity index (χ0) is 27.8. The van der Waals surface area contributed by atoms with Crippen molar-refractivity contribution in [3.05, 3.63) is 34.9 Å². The smallest absolute Gasteiger partial charge is 0.427 e. The first kappa shape index (κ1) is 28.7. The van der Waals surface area contributed by atoms with E-state index in [0.717, 1.165) is 18.2 Å². The van der Waals surface area contributed by atoms with Crippen LogP contribution in [0.15, 0.2) is 23.4 Å². The number of aliphatic carboxylic acids is 1. The molecule has 0 fully saturated rings. The number of hydrogen-bond donors (Lipinski definition) is 1. The molecule has 1 atom stereocenters. The number of aromatic nitrogens is 3. The summed E-state index contributed by atoms with van der Waals surface area (Å²) in [5.41, 5.74) is -2.13. The Labute approximate surface area is 216 Å². The SMILES string of the molecule is CCn1cc(S(=O)(=O)N2C[C@H](CCC(=O)O)Cc3ncc(CC(=O)OC(C)(C)C(F)(F)F)cc32)c(Cl)n1. The zero-order valence-corrected chi connectivity index (χ0v) is 21.8. The first-order valence-corrected chi connectivity index (χ1v) is 13.1. The molecule has 0 amide bonds. The lowest BCUT2D eigenvalue weighted by Crippen LogP contribution is -2.43. The summed E-state index contributed by atoms with van der Waals surface area (Å²) in [5, 5.41) is 12.8. The van der Waals surface area contributed by atoms with E-state index in [1.807, 2.05) is 0 Å². The van der Waals surface area contributed by atoms with E-state index in [0.29, 0.717) is 12.2 Å². The summed E-state index contributed by atoms with van der Waals surface area (Å²) in [6, 6.07) is 1.35. The number of rotatable bonds is 9. The summed E-state index contributed by atoms with van der Waals surface area (Å²) in [6.07, 6.45) is -2.56. The number of sulfonamides is 1. The van der Waals surface area contributed by atoms with Crippen LogP contribution in [0.5, 0.6) is 0 Å². The van der Waals surface area contributed by atoms with Crippen molar-refractivity contribution >= 4 is 39.3 Å². The van der Waals surface area contributed by atoms with Crippen LogP contribution in [0.1, 0.15) is 44.9 Å². The topological polar surface area (TPSA) is 132 Å². The third-order valence-corrected chi connectivity index (χ3v) is 8.10. The van der Waals surface area contributed by atoms with Crippen molar-refractivity contribution in [3.63, 3.8) is 0 Å². The van der Waals surface area contributed by atoms with E-state index in [1.54, 1.807) is 6.92 Å². The molecule has 0 aromatic carbocycles. The molecule has 0 spiro atoms. The molecule has 0 saturated heterocycles. The maximum atomic E-state index is 13.6. The Morgan fingerprint density at radius 1 is 1.30 bits per heavy atom. The largest absolute Gasteiger partial charge is 0.481 e. The number of carboxylic acids is 1. The Kier molecular flexibility index (Phi) is 8.13. The van der Waals surface area contributed by atoms with Gasteiger partial charge >= 0.3 is 18.1 Å². The number of alkyl halides is 3. The fraction of sp³-hybridized carbons (Fsp3) is 0.545. The standard InChI is InChI=1S/C22H26ClF3N4O6S/c1-4-29-12-17(20(23)28-29)37(34,35)30-11-13(5-6-18(31)32)7-15-16(30)8-14(10-27-15)9-19(33)36-21(2,3)22(24,25)26/h8,10,12-13H,4-7,9,11H2,1-3H3,(H,31,32)/t13-/m1/s1. The minimum atomic E-state index is -4.78. The maximum Gasteiger partial charge on any atom is 0.427 e. The first-order valence-electron chi connectivity index (χ1n) is 11.3. The lowest BCUT2D eigenvalue weighted by Gasteiger charge is -2.34. The van der Waals surface area contributed by atoms with Gasteiger partial charge in [-0.05, 0) is 51.2 Å². The van der Waals surface area contributed by atoms with Gasteiger partial charge in [-0.15, -0.1) is 0 Å². The van der Waals surface area contributed by atoms with Crippen LogP contribution in [-0.2, 0) is 43.7 Å². The number of halogens is 4. The van der Waals surface area contributed by atoms with Gasteiger partial charge in [0.25, 0.3) is 10.0 Å². The van der Waals surface area contributed by atoms with Gasteiger partial charge in [0, 0.05) is 31.9 Å². The highest BCUT2D eigenvalue weighted by Gasteiger charge is 2.50. The summed E-state index contributed by atoms with van der Waals surface area (Å²) in [5.74, 6) is -2.58. The highest BCUT2D eigenvalue weighted by atomic mass is 35.5. The predicted molar refractivity (Wildman–Crippen MR) is 126 cm³/mol. The highest BCUT2D eigenvalue weighted by molar-refractivity contribution is 7.93. The van der Waals surface area contributed by atoms with E-state index in [2.05, 4.69) is 14.8 Å². The van der Waals surface area contributed by atoms with E-state index < -0.39 is 40.2 Å². The minimum absolute atomic E-state index is 0.0903. The molecule has 1 aliphatic rings. The van der Waals surface area contributed by atoms with E-state index in [4.69, 9.17) is 16.7 Å². The van der Waals surface area contributed by atoms with Gasteiger partial charge in [-0.1, -0.05) is 11.6 Å². The molecule has 2 aromatic heterocycles. The van der Waals surface area contributed by atoms with E-state index in [9.17, 15) is 31.2 Å². The number of carbonyl (C=O) groups excluding carboxylic acids is 1. The van der Waals surface area contributed by atoms with Crippen molar-refractivity contribution in [2.24, 2.45) is 5.92 Å². The molecule has 1 aliphatic heterocycles. The summed E-state index contributed by atoms with van der Waals surface area (Å²) in [7, 11) is -4.29. The van der Waals surface area contributed by atoms with Crippen LogP contribution in [0.3, 0.4) is 0 Å². The van der Waals surface area contributed by atoms with Crippen LogP contribution in [0, 0.1) is 5.92 Å². The van der Waals surface area contributed by atoms with Gasteiger partial charge in [0.1, 0.15) is 4.90 Å². The fourth-order valence-electron chi connectivity index (χ4n) is 3.79. The molecule has 3 rings (SSSR count). The van der Waals surface area contributed by atoms with Crippen LogP contribution >= 0.6 is 11.6 Å². The number of pyridine rings is 1. The van der Waals surface area contributed by atoms with Gasteiger partial charge in [0.05, 0.1) is 17.8 Å². The average molecular weight is 567 g/mol. The lowest BCUT2D eigenvalue weighted by molar-refractivity contribution is -0.257. The minimum Gasteiger partial charge on any atom is -0.481 e. The molecule has 204 valence electrons. The Morgan fingerprint density at radius 2 is 1.97 bits per heavy atom. The molecule has 0 bridgehead atoms. The Balaban J connectivity index is 1.98. The first-order chi connectivity index (χ1) is 17.0. The fourth-order valence-corrected chi connectivity index (χ4v) is 5.80. The van der Waals surface area contributed by atoms with Crippen LogP contribution < -0.4 is 4.31 Å². The van der Waals surface area contributed by atoms with Crippen molar-refractivity contribution in [1.29, 1.82) is 0 Å². The maximum absolute atomic E-state index is 13.6. The molecule has 0 saturated carbocycles. The molecule has 10 nitrogen and oxygen atoms in total. The molecular weight excluding hydrogens is 541 g/mol. The summed E-state index contributed by atoms with van der Waals surface area (Å²) < 4.78 is 73.5. The molecule has 37 heavy (non-hydrogen) atoms. The van der Waals surface area contributed by atoms with Crippen LogP contribution in [-0.4, -0.2) is 58.5 Å². The molecule has 3 heterocycles. The summed E-state index contributed by atoms with van der Waals surface area (Å²) in [4.78, 5) is 27.3. The molecule has 0 radical (unpaired) electrons. The average Bonchev–Trinajstić information content (AvgIpc) is 3.17. The lowest BCUT2D eigenvalue weighted by atomic mass is 9.93. The number of fused-ring (bicyclic) bond motifs is 1. The second-order valence-electron chi connectivity index (χ2n) is 9.15. The van der Waals surface area contributed by atoms with Crippen molar-refractivity contribution in [3.8, 4) is 0 Å². The number of esters is 1. The molecule has 2 aromatic rings. The predicted octanol–water partition coefficient (Wildman–Crippen LogP) is 3.61. The molecule has 15 heteroatoms. The zero-order valence-electron chi connectivity index (χ0n) is 20.2. The number of carboxylic acid groups (broad SMARTS) is 1. The summed E-state index contributed by atoms with van der Waals surface area (Å²) in [6.45, 7) is 3.46. The quantitative estimate of drug-likeness (QED) is 0.455. The van der Waals surface area contributed by atoms with Crippen LogP contribution in [0.25, 0.3) is 0 Å². The monoisotopic (exact) mass is 566 g/mol. The Morgan fingerprint density at radius 3 is 2.54 bits per heavy atom. The van der Waals surface area contributed by atoms with Crippen LogP contribution in [0.4, 0.5) is 18.9 Å². The summed E-state index contributed by atoms with van der Waals surface area (Å²) >= 11 is 6.11. The molecule has 0 unspecified atom stereocenters. The number of hydrogen-bond acceptors (Lipinski definition) is 7. The van der Waals surface area contributed by atoms with E-state index >= 15 is 0 Å². The second kappa shape index (κ2) is 10.5. The highest BCUT2D eigenvalue weighted by Crippen LogP contribution is 2.37. The second-order valence-corrected chi connectivity index (χ2v) is 11.3. The van der Waals surface area contributed by atoms with Gasteiger partial charge in [0.2, 0.25) is 5.60 Å². The third kappa shape index (κ3) is 6.35. The normalized spacial score (nSPS) is 16.4. The number of ether oxygens (including phenoxy) is 1. The third-order valence-electron chi connectivity index (χ3n) is 5.92. The molecular formula is C22H26ClF3N4O6S. The molecule has 0 aliphatic carbocycles. The van der Waals surface area contributed by atoms with Gasteiger partial charge in [-0.25, -0.2) is 8.42 Å². The van der Waals surface area contributed by atoms with E-state index in [-0.39, 0.29) is 53.0 Å². The molecule has 1 N–H and O–H groups in total. The number of anilines is 1. The van der Waals surface area contributed by atoms with Crippen molar-refractivity contribution < 1.29 is 41.0 Å². The van der Waals surface area contributed by atoms with Gasteiger partial charge < -0.3 is 9.84 Å². The van der Waals surface area contributed by atoms with Crippen molar-refractivity contribution in [2.75, 3.05) is 10.8 Å². The Hall–Kier alpha value is -2.87. The Bertz CT molecular complexity index is 1300. The number of carbonyl (C=O) groups is 2. The van der Waals surface area contributed by atoms with Gasteiger partial charge in [0.15, 0.2) is 5.15 Å². The van der Waals surface area contributed by atoms with Crippen molar-refractivity contribution in [2.45, 2.75) is 69.7 Å². The van der Waals surface area contributed by atoms with Crippen LogP contribution in [0.2, 0.25) is 5.15 Å². The van der Waals surface area contributed by atoms with E-state index in [1.165, 1.54) is 23.1 Å². The van der Waals surface area contributed by atoms with Crippen molar-refractivity contribution in [1.82, 2.24) is 14.8 Å². The van der Waals surface area contributed by atoms with Gasteiger partial charge in [-0.3, -0.25) is 23.6 Å². The number of nitrogens with zero attached hydrogens (tertiary/aromatic N) is 4. The van der Waals surface area contributed by atoms with Gasteiger partial charge in [-0.2, -0.15) is 18.3 Å².